The third-order valence-corrected chi connectivity index (χ3v) is 3.13. The van der Waals surface area contributed by atoms with Crippen LogP contribution in [-0.4, -0.2) is 13.2 Å². The largest absolute Gasteiger partial charge is 0.459 e. The van der Waals surface area contributed by atoms with Gasteiger partial charge in [0.2, 0.25) is 0 Å². The molecule has 0 saturated carbocycles. The van der Waals surface area contributed by atoms with Gasteiger partial charge < -0.3 is 14.9 Å². The van der Waals surface area contributed by atoms with E-state index in [9.17, 15) is 0 Å². The quantitative estimate of drug-likeness (QED) is 0.882. The summed E-state index contributed by atoms with van der Waals surface area (Å²) in [7, 11) is 1.68. The van der Waals surface area contributed by atoms with Gasteiger partial charge in [0.15, 0.2) is 0 Å². The van der Waals surface area contributed by atoms with E-state index in [1.165, 1.54) is 5.56 Å². The zero-order chi connectivity index (χ0) is 12.4. The Morgan fingerprint density at radius 1 is 1.35 bits per heavy atom. The summed E-state index contributed by atoms with van der Waals surface area (Å²) in [5.41, 5.74) is 8.24. The predicted molar refractivity (Wildman–Crippen MR) is 69.0 cm³/mol. The molecule has 3 nitrogen and oxygen atoms in total. The number of fused-ring (bicyclic) bond motifs is 1. The molecule has 0 fully saturated rings. The lowest BCUT2D eigenvalue weighted by Crippen LogP contribution is -2.26. The molecule has 2 rings (SSSR count). The van der Waals surface area contributed by atoms with Gasteiger partial charge in [0.25, 0.3) is 0 Å². The summed E-state index contributed by atoms with van der Waals surface area (Å²) < 4.78 is 11.1. The Bertz CT molecular complexity index is 500. The molecule has 2 unspecified atom stereocenters. The topological polar surface area (TPSA) is 48.4 Å². The standard InChI is InChI=1S/C14H19NO2/c1-4-11(16-3)14(15)13-8-10-7-9(2)5-6-12(10)17-13/h5-8,11,14H,4,15H2,1-3H3. The van der Waals surface area contributed by atoms with Gasteiger partial charge in [0.1, 0.15) is 11.3 Å². The summed E-state index contributed by atoms with van der Waals surface area (Å²) in [6.07, 6.45) is 0.866. The SMILES string of the molecule is CCC(OC)C(N)c1cc2cc(C)ccc2o1. The number of hydrogen-bond donors (Lipinski definition) is 1. The lowest BCUT2D eigenvalue weighted by Gasteiger charge is -2.18. The Labute approximate surface area is 102 Å². The number of methoxy groups -OCH3 is 1. The van der Waals surface area contributed by atoms with Crippen molar-refractivity contribution in [1.82, 2.24) is 0 Å². The van der Waals surface area contributed by atoms with Crippen molar-refractivity contribution >= 4 is 11.0 Å². The van der Waals surface area contributed by atoms with Gasteiger partial charge in [0.05, 0.1) is 12.1 Å². The maximum Gasteiger partial charge on any atom is 0.134 e. The van der Waals surface area contributed by atoms with Gasteiger partial charge in [-0.3, -0.25) is 0 Å². The third-order valence-electron chi connectivity index (χ3n) is 3.13. The van der Waals surface area contributed by atoms with Crippen molar-refractivity contribution in [1.29, 1.82) is 0 Å². The number of hydrogen-bond acceptors (Lipinski definition) is 3. The van der Waals surface area contributed by atoms with Gasteiger partial charge in [-0.05, 0) is 31.5 Å². The molecule has 0 aliphatic rings. The Morgan fingerprint density at radius 2 is 2.12 bits per heavy atom. The molecule has 1 heterocycles. The van der Waals surface area contributed by atoms with E-state index in [0.29, 0.717) is 0 Å². The molecule has 0 amide bonds. The maximum atomic E-state index is 6.14. The van der Waals surface area contributed by atoms with E-state index in [-0.39, 0.29) is 12.1 Å². The fourth-order valence-corrected chi connectivity index (χ4v) is 2.10. The summed E-state index contributed by atoms with van der Waals surface area (Å²) >= 11 is 0. The molecule has 92 valence electrons. The molecule has 0 saturated heterocycles. The van der Waals surface area contributed by atoms with Crippen molar-refractivity contribution in [3.8, 4) is 0 Å². The highest BCUT2D eigenvalue weighted by molar-refractivity contribution is 5.78. The minimum absolute atomic E-state index is 0.00309. The fraction of sp³-hybridized carbons (Fsp3) is 0.429. The molecule has 0 aliphatic heterocycles. The van der Waals surface area contributed by atoms with Crippen molar-refractivity contribution < 1.29 is 9.15 Å². The summed E-state index contributed by atoms with van der Waals surface area (Å²) in [6.45, 7) is 4.12. The molecule has 0 radical (unpaired) electrons. The smallest absolute Gasteiger partial charge is 0.134 e. The molecular weight excluding hydrogens is 214 g/mol. The zero-order valence-corrected chi connectivity index (χ0v) is 10.6. The first-order chi connectivity index (χ1) is 8.15. The second-order valence-electron chi connectivity index (χ2n) is 4.40. The Kier molecular flexibility index (Phi) is 3.50. The lowest BCUT2D eigenvalue weighted by molar-refractivity contribution is 0.0714. The van der Waals surface area contributed by atoms with Gasteiger partial charge >= 0.3 is 0 Å². The van der Waals surface area contributed by atoms with Crippen LogP contribution < -0.4 is 5.73 Å². The molecule has 3 heteroatoms. The Balaban J connectivity index is 2.35. The molecule has 2 atom stereocenters. The van der Waals surface area contributed by atoms with Gasteiger partial charge in [-0.15, -0.1) is 0 Å². The summed E-state index contributed by atoms with van der Waals surface area (Å²) in [6, 6.07) is 7.92. The highest BCUT2D eigenvalue weighted by atomic mass is 16.5. The summed E-state index contributed by atoms with van der Waals surface area (Å²) in [5.74, 6) is 0.791. The summed E-state index contributed by atoms with van der Waals surface area (Å²) in [4.78, 5) is 0. The third kappa shape index (κ3) is 2.35. The van der Waals surface area contributed by atoms with Crippen LogP contribution in [0.25, 0.3) is 11.0 Å². The number of benzene rings is 1. The van der Waals surface area contributed by atoms with E-state index < -0.39 is 0 Å². The monoisotopic (exact) mass is 233 g/mol. The molecule has 0 bridgehead atoms. The second kappa shape index (κ2) is 4.90. The van der Waals surface area contributed by atoms with E-state index in [4.69, 9.17) is 14.9 Å². The van der Waals surface area contributed by atoms with E-state index >= 15 is 0 Å². The van der Waals surface area contributed by atoms with E-state index in [2.05, 4.69) is 19.9 Å². The summed E-state index contributed by atoms with van der Waals surface area (Å²) in [5, 5.41) is 1.10. The molecular formula is C14H19NO2. The highest BCUT2D eigenvalue weighted by Gasteiger charge is 2.20. The lowest BCUT2D eigenvalue weighted by atomic mass is 10.1. The van der Waals surface area contributed by atoms with Gasteiger partial charge in [0, 0.05) is 12.5 Å². The normalized spacial score (nSPS) is 15.1. The van der Waals surface area contributed by atoms with Crippen LogP contribution in [0, 0.1) is 6.92 Å². The van der Waals surface area contributed by atoms with Crippen molar-refractivity contribution in [2.24, 2.45) is 5.73 Å². The average molecular weight is 233 g/mol. The van der Waals surface area contributed by atoms with Gasteiger partial charge in [-0.1, -0.05) is 18.6 Å². The van der Waals surface area contributed by atoms with Crippen LogP contribution in [0.4, 0.5) is 0 Å². The number of furan rings is 1. The molecule has 1 aromatic heterocycles. The van der Waals surface area contributed by atoms with E-state index in [1.807, 2.05) is 18.2 Å². The van der Waals surface area contributed by atoms with Crippen LogP contribution >= 0.6 is 0 Å². The Morgan fingerprint density at radius 3 is 2.76 bits per heavy atom. The minimum atomic E-state index is -0.210. The minimum Gasteiger partial charge on any atom is -0.459 e. The average Bonchev–Trinajstić information content (AvgIpc) is 2.73. The first-order valence-electron chi connectivity index (χ1n) is 5.94. The number of nitrogens with two attached hydrogens (primary N) is 1. The van der Waals surface area contributed by atoms with Gasteiger partial charge in [-0.2, -0.15) is 0 Å². The predicted octanol–water partition coefficient (Wildman–Crippen LogP) is 3.17. The van der Waals surface area contributed by atoms with Crippen LogP contribution in [0.15, 0.2) is 28.7 Å². The van der Waals surface area contributed by atoms with Crippen LogP contribution in [-0.2, 0) is 4.74 Å². The zero-order valence-electron chi connectivity index (χ0n) is 10.6. The van der Waals surface area contributed by atoms with Crippen LogP contribution in [0.1, 0.15) is 30.7 Å². The number of aryl methyl sites for hydroxylation is 1. The number of ether oxygens (including phenoxy) is 1. The first-order valence-corrected chi connectivity index (χ1v) is 5.94. The van der Waals surface area contributed by atoms with Crippen LogP contribution in [0.2, 0.25) is 0 Å². The highest BCUT2D eigenvalue weighted by Crippen LogP contribution is 2.26. The molecule has 2 aromatic rings. The molecule has 0 spiro atoms. The van der Waals surface area contributed by atoms with Crippen molar-refractivity contribution in [2.45, 2.75) is 32.4 Å². The van der Waals surface area contributed by atoms with Crippen molar-refractivity contribution in [3.05, 3.63) is 35.6 Å². The van der Waals surface area contributed by atoms with E-state index in [1.54, 1.807) is 7.11 Å². The fourth-order valence-electron chi connectivity index (χ4n) is 2.10. The van der Waals surface area contributed by atoms with Crippen molar-refractivity contribution in [2.75, 3.05) is 7.11 Å². The van der Waals surface area contributed by atoms with Crippen molar-refractivity contribution in [3.63, 3.8) is 0 Å². The number of rotatable bonds is 4. The Hall–Kier alpha value is -1.32. The van der Waals surface area contributed by atoms with E-state index in [0.717, 1.165) is 23.2 Å². The van der Waals surface area contributed by atoms with Crippen LogP contribution in [0.5, 0.6) is 0 Å². The molecule has 0 aliphatic carbocycles. The molecule has 2 N–H and O–H groups in total. The first kappa shape index (κ1) is 12.1. The van der Waals surface area contributed by atoms with Crippen LogP contribution in [0.3, 0.4) is 0 Å². The maximum absolute atomic E-state index is 6.14. The molecule has 1 aromatic carbocycles. The second-order valence-corrected chi connectivity index (χ2v) is 4.40. The molecule has 17 heavy (non-hydrogen) atoms. The van der Waals surface area contributed by atoms with Gasteiger partial charge in [-0.25, -0.2) is 0 Å².